The number of aliphatic hydroxyl groups is 1. The molecule has 1 aromatic carbocycles. The number of ether oxygens (including phenoxy) is 2. The van der Waals surface area contributed by atoms with Crippen molar-refractivity contribution in [3.05, 3.63) is 29.8 Å². The van der Waals surface area contributed by atoms with Gasteiger partial charge in [-0.25, -0.2) is 0 Å². The van der Waals surface area contributed by atoms with Gasteiger partial charge in [-0.3, -0.25) is 0 Å². The number of aliphatic hydroxyl groups excluding tert-OH is 1. The van der Waals surface area contributed by atoms with Gasteiger partial charge in [0.1, 0.15) is 5.75 Å². The summed E-state index contributed by atoms with van der Waals surface area (Å²) in [6.07, 6.45) is 1.84. The molecule has 2 atom stereocenters. The second-order valence-electron chi connectivity index (χ2n) is 5.79. The lowest BCUT2D eigenvalue weighted by Crippen LogP contribution is -2.33. The van der Waals surface area contributed by atoms with Crippen LogP contribution in [0.4, 0.5) is 0 Å². The van der Waals surface area contributed by atoms with E-state index in [9.17, 15) is 5.11 Å². The van der Waals surface area contributed by atoms with E-state index >= 15 is 0 Å². The molecule has 1 aliphatic rings. The highest BCUT2D eigenvalue weighted by molar-refractivity contribution is 5.35. The Labute approximate surface area is 127 Å². The van der Waals surface area contributed by atoms with Crippen molar-refractivity contribution < 1.29 is 14.6 Å². The Morgan fingerprint density at radius 2 is 2.24 bits per heavy atom. The Hall–Kier alpha value is -1.10. The summed E-state index contributed by atoms with van der Waals surface area (Å²) in [4.78, 5) is 2.19. The molecule has 1 heterocycles. The topological polar surface area (TPSA) is 41.9 Å². The normalized spacial score (nSPS) is 20.5. The van der Waals surface area contributed by atoms with Gasteiger partial charge in [0.2, 0.25) is 0 Å². The summed E-state index contributed by atoms with van der Waals surface area (Å²) >= 11 is 0. The van der Waals surface area contributed by atoms with Crippen LogP contribution in [0.25, 0.3) is 0 Å². The van der Waals surface area contributed by atoms with E-state index in [2.05, 4.69) is 11.9 Å². The van der Waals surface area contributed by atoms with Crippen LogP contribution < -0.4 is 4.74 Å². The molecule has 0 aromatic heterocycles. The molecule has 118 valence electrons. The lowest BCUT2D eigenvalue weighted by atomic mass is 10.0. The van der Waals surface area contributed by atoms with Gasteiger partial charge in [-0.05, 0) is 38.8 Å². The van der Waals surface area contributed by atoms with Gasteiger partial charge in [-0.2, -0.15) is 0 Å². The van der Waals surface area contributed by atoms with E-state index in [-0.39, 0.29) is 0 Å². The van der Waals surface area contributed by atoms with Gasteiger partial charge in [0.15, 0.2) is 0 Å². The molecule has 0 radical (unpaired) electrons. The number of likely N-dealkylation sites (N-methyl/N-ethyl adjacent to an activating group) is 1. The number of para-hydroxylation sites is 1. The third kappa shape index (κ3) is 4.99. The fourth-order valence-corrected chi connectivity index (χ4v) is 2.90. The van der Waals surface area contributed by atoms with Gasteiger partial charge in [-0.15, -0.1) is 0 Å². The number of hydrogen-bond acceptors (Lipinski definition) is 4. The van der Waals surface area contributed by atoms with Crippen LogP contribution in [-0.2, 0) is 4.74 Å². The van der Waals surface area contributed by atoms with Crippen molar-refractivity contribution in [3.63, 3.8) is 0 Å². The van der Waals surface area contributed by atoms with Crippen molar-refractivity contribution in [1.82, 2.24) is 4.90 Å². The number of benzene rings is 1. The summed E-state index contributed by atoms with van der Waals surface area (Å²) in [6.45, 7) is 5.88. The lowest BCUT2D eigenvalue weighted by Gasteiger charge is -2.28. The minimum absolute atomic E-state index is 0.526. The zero-order valence-corrected chi connectivity index (χ0v) is 13.1. The molecule has 1 aromatic rings. The maximum absolute atomic E-state index is 10.5. The molecule has 4 nitrogen and oxygen atoms in total. The molecule has 4 heteroatoms. The van der Waals surface area contributed by atoms with Crippen LogP contribution in [0, 0.1) is 5.92 Å². The van der Waals surface area contributed by atoms with Crippen LogP contribution in [0.15, 0.2) is 24.3 Å². The molecule has 0 amide bonds. The number of rotatable bonds is 7. The SMILES string of the molecule is CCOc1ccccc1C(O)CN(C)CC1CCCOC1. The van der Waals surface area contributed by atoms with Crippen LogP contribution in [0.2, 0.25) is 0 Å². The Bertz CT molecular complexity index is 418. The van der Waals surface area contributed by atoms with Gasteiger partial charge in [-0.1, -0.05) is 18.2 Å². The molecular formula is C17H27NO3. The minimum Gasteiger partial charge on any atom is -0.493 e. The second-order valence-corrected chi connectivity index (χ2v) is 5.79. The fraction of sp³-hybridized carbons (Fsp3) is 0.647. The Morgan fingerprint density at radius 3 is 2.95 bits per heavy atom. The predicted molar refractivity (Wildman–Crippen MR) is 83.6 cm³/mol. The first-order chi connectivity index (χ1) is 10.2. The first-order valence-electron chi connectivity index (χ1n) is 7.86. The molecule has 0 aliphatic carbocycles. The minimum atomic E-state index is -0.526. The molecule has 0 bridgehead atoms. The molecule has 1 fully saturated rings. The average Bonchev–Trinajstić information content (AvgIpc) is 2.49. The van der Waals surface area contributed by atoms with E-state index in [1.807, 2.05) is 31.2 Å². The van der Waals surface area contributed by atoms with Crippen LogP contribution in [0.5, 0.6) is 5.75 Å². The zero-order valence-electron chi connectivity index (χ0n) is 13.1. The van der Waals surface area contributed by atoms with Gasteiger partial charge in [0.05, 0.1) is 19.3 Å². The van der Waals surface area contributed by atoms with Gasteiger partial charge in [0.25, 0.3) is 0 Å². The van der Waals surface area contributed by atoms with E-state index in [0.29, 0.717) is 19.1 Å². The zero-order chi connectivity index (χ0) is 15.1. The molecule has 21 heavy (non-hydrogen) atoms. The Morgan fingerprint density at radius 1 is 1.43 bits per heavy atom. The van der Waals surface area contributed by atoms with Crippen LogP contribution >= 0.6 is 0 Å². The van der Waals surface area contributed by atoms with Gasteiger partial charge < -0.3 is 19.5 Å². The third-order valence-electron chi connectivity index (χ3n) is 3.89. The van der Waals surface area contributed by atoms with E-state index < -0.39 is 6.10 Å². The second kappa shape index (κ2) is 8.37. The molecule has 1 aliphatic heterocycles. The molecule has 2 rings (SSSR count). The molecule has 0 spiro atoms. The maximum atomic E-state index is 10.5. The van der Waals surface area contributed by atoms with E-state index in [1.54, 1.807) is 0 Å². The summed E-state index contributed by atoms with van der Waals surface area (Å²) in [6, 6.07) is 7.73. The molecule has 1 saturated heterocycles. The highest BCUT2D eigenvalue weighted by atomic mass is 16.5. The first kappa shape index (κ1) is 16.3. The van der Waals surface area contributed by atoms with E-state index in [1.165, 1.54) is 6.42 Å². The highest BCUT2D eigenvalue weighted by Crippen LogP contribution is 2.26. The maximum Gasteiger partial charge on any atom is 0.125 e. The van der Waals surface area contributed by atoms with Crippen molar-refractivity contribution in [2.75, 3.05) is 40.0 Å². The van der Waals surface area contributed by atoms with Crippen molar-refractivity contribution in [1.29, 1.82) is 0 Å². The lowest BCUT2D eigenvalue weighted by molar-refractivity contribution is 0.0340. The van der Waals surface area contributed by atoms with E-state index in [0.717, 1.165) is 37.5 Å². The molecule has 2 unspecified atom stereocenters. The Kier molecular flexibility index (Phi) is 6.49. The molecule has 0 saturated carbocycles. The third-order valence-corrected chi connectivity index (χ3v) is 3.89. The average molecular weight is 293 g/mol. The smallest absolute Gasteiger partial charge is 0.125 e. The summed E-state index contributed by atoms with van der Waals surface area (Å²) in [5.41, 5.74) is 0.867. The summed E-state index contributed by atoms with van der Waals surface area (Å²) < 4.78 is 11.1. The molecule has 1 N–H and O–H groups in total. The van der Waals surface area contributed by atoms with Crippen molar-refractivity contribution >= 4 is 0 Å². The number of hydrogen-bond donors (Lipinski definition) is 1. The largest absolute Gasteiger partial charge is 0.493 e. The monoisotopic (exact) mass is 293 g/mol. The number of nitrogens with zero attached hydrogens (tertiary/aromatic N) is 1. The van der Waals surface area contributed by atoms with Crippen molar-refractivity contribution in [2.45, 2.75) is 25.9 Å². The van der Waals surface area contributed by atoms with Gasteiger partial charge in [0, 0.05) is 25.3 Å². The quantitative estimate of drug-likeness (QED) is 0.838. The molecular weight excluding hydrogens is 266 g/mol. The fourth-order valence-electron chi connectivity index (χ4n) is 2.90. The summed E-state index contributed by atoms with van der Waals surface area (Å²) in [5, 5.41) is 10.5. The van der Waals surface area contributed by atoms with Gasteiger partial charge >= 0.3 is 0 Å². The Balaban J connectivity index is 1.89. The first-order valence-corrected chi connectivity index (χ1v) is 7.86. The standard InChI is InChI=1S/C17H27NO3/c1-3-21-17-9-5-4-8-15(17)16(19)12-18(2)11-14-7-6-10-20-13-14/h4-5,8-9,14,16,19H,3,6-7,10-13H2,1-2H3. The predicted octanol–water partition coefficient (Wildman–Crippen LogP) is 2.48. The van der Waals surface area contributed by atoms with Crippen LogP contribution in [-0.4, -0.2) is 50.0 Å². The van der Waals surface area contributed by atoms with E-state index in [4.69, 9.17) is 9.47 Å². The highest BCUT2D eigenvalue weighted by Gasteiger charge is 2.19. The van der Waals surface area contributed by atoms with Crippen molar-refractivity contribution in [2.24, 2.45) is 5.92 Å². The van der Waals surface area contributed by atoms with Crippen LogP contribution in [0.3, 0.4) is 0 Å². The van der Waals surface area contributed by atoms with Crippen LogP contribution in [0.1, 0.15) is 31.4 Å². The summed E-state index contributed by atoms with van der Waals surface area (Å²) in [7, 11) is 2.06. The van der Waals surface area contributed by atoms with Crippen molar-refractivity contribution in [3.8, 4) is 5.75 Å². The summed E-state index contributed by atoms with van der Waals surface area (Å²) in [5.74, 6) is 1.36.